The van der Waals surface area contributed by atoms with E-state index >= 15 is 0 Å². The van der Waals surface area contributed by atoms with Crippen LogP contribution in [-0.4, -0.2) is 30.8 Å². The molecule has 166 valence electrons. The molecule has 1 unspecified atom stereocenters. The third kappa shape index (κ3) is 5.46. The van der Waals surface area contributed by atoms with Crippen molar-refractivity contribution in [2.24, 2.45) is 5.10 Å². The number of carbonyl (C=O) groups excluding carboxylic acids is 1. The summed E-state index contributed by atoms with van der Waals surface area (Å²) >= 11 is 0. The van der Waals surface area contributed by atoms with Crippen LogP contribution in [0.3, 0.4) is 0 Å². The molecule has 0 saturated carbocycles. The maximum atomic E-state index is 12.1. The van der Waals surface area contributed by atoms with Crippen molar-refractivity contribution in [3.63, 3.8) is 0 Å². The van der Waals surface area contributed by atoms with E-state index in [4.69, 9.17) is 0 Å². The molecule has 2 N–H and O–H groups in total. The second kappa shape index (κ2) is 9.54. The van der Waals surface area contributed by atoms with Gasteiger partial charge in [0.15, 0.2) is 0 Å². The Morgan fingerprint density at radius 3 is 2.68 bits per heavy atom. The molecule has 2 aromatic carbocycles. The second-order valence-corrected chi connectivity index (χ2v) is 9.33. The number of nitrogens with one attached hydrogen (secondary N) is 2. The number of anilines is 2. The first-order chi connectivity index (χ1) is 14.7. The number of hydrogen-bond donors (Lipinski definition) is 2. The minimum atomic E-state index is -0.170. The summed E-state index contributed by atoms with van der Waals surface area (Å²) in [6.45, 7) is 14.6. The molecule has 2 aromatic rings. The van der Waals surface area contributed by atoms with Crippen LogP contribution in [0.2, 0.25) is 0 Å². The van der Waals surface area contributed by atoms with E-state index in [1.165, 1.54) is 22.4 Å². The maximum Gasteiger partial charge on any atom is 0.259 e. The summed E-state index contributed by atoms with van der Waals surface area (Å²) in [5, 5.41) is 7.31. The number of aryl methyl sites for hydroxylation is 2. The third-order valence-corrected chi connectivity index (χ3v) is 6.22. The monoisotopic (exact) mass is 420 g/mol. The average Bonchev–Trinajstić information content (AvgIpc) is 2.72. The van der Waals surface area contributed by atoms with E-state index in [9.17, 15) is 4.79 Å². The Morgan fingerprint density at radius 2 is 1.97 bits per heavy atom. The van der Waals surface area contributed by atoms with Crippen LogP contribution in [0.4, 0.5) is 11.4 Å². The van der Waals surface area contributed by atoms with Crippen molar-refractivity contribution in [2.75, 3.05) is 23.3 Å². The summed E-state index contributed by atoms with van der Waals surface area (Å²) in [7, 11) is 0. The lowest BCUT2D eigenvalue weighted by atomic mass is 9.79. The van der Waals surface area contributed by atoms with Gasteiger partial charge in [0.25, 0.3) is 5.91 Å². The number of nitrogens with zero attached hydrogens (tertiary/aromatic N) is 2. The van der Waals surface area contributed by atoms with Crippen molar-refractivity contribution in [1.29, 1.82) is 0 Å². The first kappa shape index (κ1) is 22.9. The van der Waals surface area contributed by atoms with E-state index in [1.807, 2.05) is 18.2 Å². The highest BCUT2D eigenvalue weighted by Crippen LogP contribution is 2.43. The van der Waals surface area contributed by atoms with E-state index in [2.05, 4.69) is 80.5 Å². The molecule has 1 atom stereocenters. The van der Waals surface area contributed by atoms with Gasteiger partial charge < -0.3 is 10.2 Å². The van der Waals surface area contributed by atoms with Gasteiger partial charge in [-0.3, -0.25) is 4.79 Å². The molecule has 0 aromatic heterocycles. The van der Waals surface area contributed by atoms with Crippen LogP contribution >= 0.6 is 0 Å². The van der Waals surface area contributed by atoms with E-state index in [0.717, 1.165) is 30.6 Å². The fourth-order valence-electron chi connectivity index (χ4n) is 4.49. The number of carbonyl (C=O) groups is 1. The van der Waals surface area contributed by atoms with Crippen LogP contribution in [0.5, 0.6) is 0 Å². The zero-order valence-corrected chi connectivity index (χ0v) is 19.7. The van der Waals surface area contributed by atoms with Gasteiger partial charge in [0, 0.05) is 23.5 Å². The van der Waals surface area contributed by atoms with Gasteiger partial charge in [0.05, 0.1) is 12.8 Å². The molecule has 1 amide bonds. The first-order valence-corrected chi connectivity index (χ1v) is 11.3. The van der Waals surface area contributed by atoms with Crippen molar-refractivity contribution in [3.8, 4) is 0 Å². The molecule has 0 spiro atoms. The molecule has 1 heterocycles. The van der Waals surface area contributed by atoms with Gasteiger partial charge in [-0.15, -0.1) is 0 Å². The second-order valence-electron chi connectivity index (χ2n) is 9.33. The van der Waals surface area contributed by atoms with Gasteiger partial charge in [-0.1, -0.05) is 26.0 Å². The highest BCUT2D eigenvalue weighted by atomic mass is 16.2. The lowest BCUT2D eigenvalue weighted by molar-refractivity contribution is -0.119. The summed E-state index contributed by atoms with van der Waals surface area (Å²) in [5.74, 6) is 0.319. The van der Waals surface area contributed by atoms with Crippen molar-refractivity contribution in [1.82, 2.24) is 5.43 Å². The standard InChI is InChI=1S/C26H36N4O/c1-7-12-30-24-11-9-21(14-23(24)20(4)15-26(30,5)6)16-28-29-25(31)17-27-22-10-8-18(2)19(3)13-22/h8-11,13-14,16,20,27H,7,12,15,17H2,1-6H3,(H,29,31)/b28-16-. The quantitative estimate of drug-likeness (QED) is 0.468. The normalized spacial score (nSPS) is 17.5. The lowest BCUT2D eigenvalue weighted by Gasteiger charge is -2.47. The third-order valence-electron chi connectivity index (χ3n) is 6.22. The Bertz CT molecular complexity index is 964. The maximum absolute atomic E-state index is 12.1. The lowest BCUT2D eigenvalue weighted by Crippen LogP contribution is -2.48. The van der Waals surface area contributed by atoms with E-state index in [1.54, 1.807) is 6.21 Å². The molecule has 31 heavy (non-hydrogen) atoms. The Morgan fingerprint density at radius 1 is 1.19 bits per heavy atom. The predicted octanol–water partition coefficient (Wildman–Crippen LogP) is 5.37. The number of rotatable bonds is 7. The van der Waals surface area contributed by atoms with Crippen molar-refractivity contribution in [3.05, 3.63) is 58.7 Å². The number of benzene rings is 2. The zero-order valence-electron chi connectivity index (χ0n) is 19.7. The molecular formula is C26H36N4O. The highest BCUT2D eigenvalue weighted by Gasteiger charge is 2.35. The number of hydrogen-bond acceptors (Lipinski definition) is 4. The van der Waals surface area contributed by atoms with Crippen LogP contribution in [-0.2, 0) is 4.79 Å². The Labute approximate surface area is 186 Å². The van der Waals surface area contributed by atoms with Crippen LogP contribution in [0.15, 0.2) is 41.5 Å². The molecule has 0 saturated heterocycles. The smallest absolute Gasteiger partial charge is 0.259 e. The van der Waals surface area contributed by atoms with Gasteiger partial charge >= 0.3 is 0 Å². The average molecular weight is 421 g/mol. The van der Waals surface area contributed by atoms with Crippen LogP contribution in [0, 0.1) is 13.8 Å². The summed E-state index contributed by atoms with van der Waals surface area (Å²) < 4.78 is 0. The van der Waals surface area contributed by atoms with Crippen LogP contribution in [0.1, 0.15) is 68.7 Å². The Hall–Kier alpha value is -2.82. The van der Waals surface area contributed by atoms with Crippen LogP contribution < -0.4 is 15.6 Å². The molecular weight excluding hydrogens is 384 g/mol. The highest BCUT2D eigenvalue weighted by molar-refractivity contribution is 5.85. The van der Waals surface area contributed by atoms with Gasteiger partial charge in [0.1, 0.15) is 0 Å². The molecule has 1 aliphatic rings. The number of hydrazone groups is 1. The summed E-state index contributed by atoms with van der Waals surface area (Å²) in [5.41, 5.74) is 9.84. The van der Waals surface area contributed by atoms with E-state index < -0.39 is 0 Å². The number of amides is 1. The summed E-state index contributed by atoms with van der Waals surface area (Å²) in [6, 6.07) is 12.6. The fraction of sp³-hybridized carbons (Fsp3) is 0.462. The Balaban J connectivity index is 1.62. The summed E-state index contributed by atoms with van der Waals surface area (Å²) in [4.78, 5) is 14.7. The van der Waals surface area contributed by atoms with Gasteiger partial charge in [-0.25, -0.2) is 5.43 Å². The van der Waals surface area contributed by atoms with Gasteiger partial charge in [0.2, 0.25) is 0 Å². The topological polar surface area (TPSA) is 56.7 Å². The molecule has 0 fully saturated rings. The SMILES string of the molecule is CCCN1c2ccc(/C=N\NC(=O)CNc3ccc(C)c(C)c3)cc2C(C)CC1(C)C. The minimum Gasteiger partial charge on any atom is -0.376 e. The molecule has 5 nitrogen and oxygen atoms in total. The molecule has 0 aliphatic carbocycles. The molecule has 0 radical (unpaired) electrons. The molecule has 3 rings (SSSR count). The Kier molecular flexibility index (Phi) is 7.04. The zero-order chi connectivity index (χ0) is 22.6. The summed E-state index contributed by atoms with van der Waals surface area (Å²) in [6.07, 6.45) is 3.98. The predicted molar refractivity (Wildman–Crippen MR) is 131 cm³/mol. The molecule has 1 aliphatic heterocycles. The van der Waals surface area contributed by atoms with E-state index in [-0.39, 0.29) is 18.0 Å². The van der Waals surface area contributed by atoms with Gasteiger partial charge in [-0.2, -0.15) is 5.10 Å². The number of fused-ring (bicyclic) bond motifs is 1. The van der Waals surface area contributed by atoms with Crippen molar-refractivity contribution >= 4 is 23.5 Å². The van der Waals surface area contributed by atoms with Gasteiger partial charge in [-0.05, 0) is 93.0 Å². The molecule has 0 bridgehead atoms. The first-order valence-electron chi connectivity index (χ1n) is 11.3. The van der Waals surface area contributed by atoms with Crippen molar-refractivity contribution < 1.29 is 4.79 Å². The molecule has 5 heteroatoms. The largest absolute Gasteiger partial charge is 0.376 e. The van der Waals surface area contributed by atoms with Crippen molar-refractivity contribution in [2.45, 2.75) is 65.8 Å². The van der Waals surface area contributed by atoms with E-state index in [0.29, 0.717) is 5.92 Å². The fourth-order valence-corrected chi connectivity index (χ4v) is 4.49. The van der Waals surface area contributed by atoms with Crippen LogP contribution in [0.25, 0.3) is 0 Å². The minimum absolute atomic E-state index is 0.162.